The zero-order valence-corrected chi connectivity index (χ0v) is 13.3. The van der Waals surface area contributed by atoms with Gasteiger partial charge in [0.05, 0.1) is 6.54 Å². The molecule has 1 saturated heterocycles. The number of carbonyl (C=O) groups is 1. The lowest BCUT2D eigenvalue weighted by Crippen LogP contribution is -2.46. The predicted octanol–water partition coefficient (Wildman–Crippen LogP) is 2.27. The fourth-order valence-corrected chi connectivity index (χ4v) is 3.31. The molecule has 1 atom stereocenters. The Balaban J connectivity index is 1.70. The second-order valence-corrected chi connectivity index (χ2v) is 6.23. The lowest BCUT2D eigenvalue weighted by Gasteiger charge is -2.27. The second-order valence-electron chi connectivity index (χ2n) is 6.23. The first-order valence-electron chi connectivity index (χ1n) is 8.23. The summed E-state index contributed by atoms with van der Waals surface area (Å²) in [5, 5.41) is 6.48. The summed E-state index contributed by atoms with van der Waals surface area (Å²) >= 11 is 0. The van der Waals surface area contributed by atoms with Gasteiger partial charge in [0.15, 0.2) is 0 Å². The van der Waals surface area contributed by atoms with Crippen LogP contribution in [0.5, 0.6) is 0 Å². The van der Waals surface area contributed by atoms with Crippen LogP contribution >= 0.6 is 0 Å². The number of anilines is 1. The first kappa shape index (κ1) is 15.3. The van der Waals surface area contributed by atoms with Gasteiger partial charge in [0.25, 0.3) is 0 Å². The third-order valence-corrected chi connectivity index (χ3v) is 4.56. The van der Waals surface area contributed by atoms with Crippen molar-refractivity contribution < 1.29 is 4.79 Å². The zero-order valence-electron chi connectivity index (χ0n) is 13.3. The Labute approximate surface area is 132 Å². The molecule has 0 radical (unpaired) electrons. The monoisotopic (exact) mass is 299 g/mol. The molecular formula is C18H25N3O. The van der Waals surface area contributed by atoms with E-state index in [0.717, 1.165) is 50.3 Å². The van der Waals surface area contributed by atoms with Crippen LogP contribution in [0.3, 0.4) is 0 Å². The van der Waals surface area contributed by atoms with Crippen LogP contribution in [0.25, 0.3) is 0 Å². The lowest BCUT2D eigenvalue weighted by molar-refractivity contribution is -0.117. The highest BCUT2D eigenvalue weighted by molar-refractivity contribution is 5.94. The number of nitrogens with zero attached hydrogens (tertiary/aromatic N) is 1. The van der Waals surface area contributed by atoms with Gasteiger partial charge < -0.3 is 10.6 Å². The first-order chi connectivity index (χ1) is 10.7. The van der Waals surface area contributed by atoms with Crippen LogP contribution < -0.4 is 10.6 Å². The third-order valence-electron chi connectivity index (χ3n) is 4.56. The van der Waals surface area contributed by atoms with Gasteiger partial charge in [-0.1, -0.05) is 30.4 Å². The fourth-order valence-electron chi connectivity index (χ4n) is 3.31. The Bertz CT molecular complexity index is 561. The third kappa shape index (κ3) is 3.57. The summed E-state index contributed by atoms with van der Waals surface area (Å²) in [5.74, 6) is 0.536. The van der Waals surface area contributed by atoms with Crippen LogP contribution in [-0.4, -0.2) is 43.5 Å². The Morgan fingerprint density at radius 3 is 2.91 bits per heavy atom. The van der Waals surface area contributed by atoms with Crippen molar-refractivity contribution in [1.29, 1.82) is 0 Å². The van der Waals surface area contributed by atoms with Crippen molar-refractivity contribution in [2.75, 3.05) is 38.0 Å². The van der Waals surface area contributed by atoms with Crippen LogP contribution in [0.15, 0.2) is 30.4 Å². The molecule has 1 heterocycles. The highest BCUT2D eigenvalue weighted by atomic mass is 16.2. The smallest absolute Gasteiger partial charge is 0.238 e. The molecule has 3 rings (SSSR count). The summed E-state index contributed by atoms with van der Waals surface area (Å²) in [4.78, 5) is 14.6. The molecule has 0 aromatic heterocycles. The van der Waals surface area contributed by atoms with E-state index in [-0.39, 0.29) is 5.91 Å². The van der Waals surface area contributed by atoms with Gasteiger partial charge in [-0.25, -0.2) is 0 Å². The topological polar surface area (TPSA) is 44.4 Å². The summed E-state index contributed by atoms with van der Waals surface area (Å²) in [6, 6.07) is 6.30. The second kappa shape index (κ2) is 7.07. The highest BCUT2D eigenvalue weighted by Crippen LogP contribution is 2.34. The van der Waals surface area contributed by atoms with E-state index in [9.17, 15) is 4.79 Å². The minimum atomic E-state index is 0.0967. The van der Waals surface area contributed by atoms with Crippen molar-refractivity contribution in [3.8, 4) is 0 Å². The van der Waals surface area contributed by atoms with Gasteiger partial charge >= 0.3 is 0 Å². The maximum absolute atomic E-state index is 12.4. The summed E-state index contributed by atoms with van der Waals surface area (Å²) in [6.45, 7) is 6.38. The maximum Gasteiger partial charge on any atom is 0.238 e. The molecule has 1 aliphatic carbocycles. The summed E-state index contributed by atoms with van der Waals surface area (Å²) in [5.41, 5.74) is 3.41. The van der Waals surface area contributed by atoms with Crippen LogP contribution in [0, 0.1) is 6.92 Å². The molecule has 1 aromatic rings. The largest absolute Gasteiger partial charge is 0.324 e. The molecule has 1 aliphatic heterocycles. The first-order valence-corrected chi connectivity index (χ1v) is 8.23. The van der Waals surface area contributed by atoms with Crippen molar-refractivity contribution >= 4 is 11.6 Å². The van der Waals surface area contributed by atoms with E-state index in [2.05, 4.69) is 52.8 Å². The molecule has 1 fully saturated rings. The molecule has 4 heteroatoms. The van der Waals surface area contributed by atoms with Crippen molar-refractivity contribution in [2.24, 2.45) is 0 Å². The van der Waals surface area contributed by atoms with E-state index in [1.807, 2.05) is 0 Å². The van der Waals surface area contributed by atoms with Crippen LogP contribution in [0.1, 0.15) is 29.9 Å². The SMILES string of the molecule is Cc1cccc(C2C=CCC2)c1NC(=O)CN1CCNCC1. The number of amides is 1. The van der Waals surface area contributed by atoms with Gasteiger partial charge in [0.1, 0.15) is 0 Å². The van der Waals surface area contributed by atoms with E-state index in [0.29, 0.717) is 12.5 Å². The average molecular weight is 299 g/mol. The Kier molecular flexibility index (Phi) is 4.90. The molecule has 0 bridgehead atoms. The standard InChI is InChI=1S/C18H25N3O/c1-14-5-4-8-16(15-6-2-3-7-15)18(14)20-17(22)13-21-11-9-19-10-12-21/h2,4-6,8,15,19H,3,7,9-13H2,1H3,(H,20,22). The summed E-state index contributed by atoms with van der Waals surface area (Å²) in [7, 11) is 0. The molecule has 0 saturated carbocycles. The molecule has 118 valence electrons. The molecular weight excluding hydrogens is 274 g/mol. The van der Waals surface area contributed by atoms with Gasteiger partial charge in [0.2, 0.25) is 5.91 Å². The number of piperazine rings is 1. The lowest BCUT2D eigenvalue weighted by atomic mass is 9.94. The van der Waals surface area contributed by atoms with Crippen LogP contribution in [0.4, 0.5) is 5.69 Å². The number of hydrogen-bond donors (Lipinski definition) is 2. The molecule has 1 aromatic carbocycles. The zero-order chi connectivity index (χ0) is 15.4. The van der Waals surface area contributed by atoms with E-state index >= 15 is 0 Å². The van der Waals surface area contributed by atoms with Gasteiger partial charge in [-0.15, -0.1) is 0 Å². The molecule has 1 amide bonds. The number of para-hydroxylation sites is 1. The number of aryl methyl sites for hydroxylation is 1. The summed E-state index contributed by atoms with van der Waals surface area (Å²) in [6.07, 6.45) is 6.77. The van der Waals surface area contributed by atoms with Crippen molar-refractivity contribution in [1.82, 2.24) is 10.2 Å². The van der Waals surface area contributed by atoms with Crippen molar-refractivity contribution in [2.45, 2.75) is 25.7 Å². The molecule has 22 heavy (non-hydrogen) atoms. The number of hydrogen-bond acceptors (Lipinski definition) is 3. The normalized spacial score (nSPS) is 22.0. The minimum absolute atomic E-state index is 0.0967. The van der Waals surface area contributed by atoms with Crippen LogP contribution in [0.2, 0.25) is 0 Å². The molecule has 1 unspecified atom stereocenters. The fraction of sp³-hybridized carbons (Fsp3) is 0.500. The molecule has 4 nitrogen and oxygen atoms in total. The number of allylic oxidation sites excluding steroid dienone is 2. The minimum Gasteiger partial charge on any atom is -0.324 e. The average Bonchev–Trinajstić information content (AvgIpc) is 3.04. The van der Waals surface area contributed by atoms with Gasteiger partial charge in [0, 0.05) is 37.8 Å². The Morgan fingerprint density at radius 2 is 2.18 bits per heavy atom. The number of rotatable bonds is 4. The van der Waals surface area contributed by atoms with Gasteiger partial charge in [-0.2, -0.15) is 0 Å². The number of carbonyl (C=O) groups excluding carboxylic acids is 1. The van der Waals surface area contributed by atoms with E-state index in [1.165, 1.54) is 5.56 Å². The molecule has 2 aliphatic rings. The van der Waals surface area contributed by atoms with Crippen LogP contribution in [-0.2, 0) is 4.79 Å². The van der Waals surface area contributed by atoms with E-state index < -0.39 is 0 Å². The van der Waals surface area contributed by atoms with Gasteiger partial charge in [-0.05, 0) is 30.9 Å². The Morgan fingerprint density at radius 1 is 1.36 bits per heavy atom. The number of benzene rings is 1. The number of nitrogens with one attached hydrogen (secondary N) is 2. The van der Waals surface area contributed by atoms with E-state index in [4.69, 9.17) is 0 Å². The quantitative estimate of drug-likeness (QED) is 0.838. The highest BCUT2D eigenvalue weighted by Gasteiger charge is 2.19. The molecule has 0 spiro atoms. The van der Waals surface area contributed by atoms with Crippen molar-refractivity contribution in [3.63, 3.8) is 0 Å². The maximum atomic E-state index is 12.4. The Hall–Kier alpha value is -1.65. The van der Waals surface area contributed by atoms with Crippen molar-refractivity contribution in [3.05, 3.63) is 41.5 Å². The molecule has 2 N–H and O–H groups in total. The predicted molar refractivity (Wildman–Crippen MR) is 90.2 cm³/mol. The van der Waals surface area contributed by atoms with Gasteiger partial charge in [-0.3, -0.25) is 9.69 Å². The van der Waals surface area contributed by atoms with E-state index in [1.54, 1.807) is 0 Å². The summed E-state index contributed by atoms with van der Waals surface area (Å²) < 4.78 is 0.